The molecule has 7 nitrogen and oxygen atoms in total. The van der Waals surface area contributed by atoms with Gasteiger partial charge < -0.3 is 14.4 Å². The Labute approximate surface area is 136 Å². The zero-order valence-electron chi connectivity index (χ0n) is 13.2. The monoisotopic (exact) mass is 340 g/mol. The van der Waals surface area contributed by atoms with Crippen molar-refractivity contribution in [1.29, 1.82) is 0 Å². The highest BCUT2D eigenvalue weighted by atomic mass is 32.2. The van der Waals surface area contributed by atoms with Crippen LogP contribution in [0.15, 0.2) is 35.7 Å². The summed E-state index contributed by atoms with van der Waals surface area (Å²) in [6, 6.07) is 4.48. The van der Waals surface area contributed by atoms with E-state index >= 15 is 0 Å². The van der Waals surface area contributed by atoms with Crippen LogP contribution in [0.25, 0.3) is 0 Å². The molecule has 0 N–H and O–H groups in total. The number of carbonyl (C=O) groups excluding carboxylic acids is 1. The number of hydrogen-bond acceptors (Lipinski definition) is 5. The molecule has 0 bridgehead atoms. The topological polar surface area (TPSA) is 76.2 Å². The van der Waals surface area contributed by atoms with E-state index in [-0.39, 0.29) is 23.9 Å². The van der Waals surface area contributed by atoms with Crippen LogP contribution in [0.4, 0.5) is 0 Å². The predicted molar refractivity (Wildman–Crippen MR) is 85.1 cm³/mol. The van der Waals surface area contributed by atoms with Gasteiger partial charge in [0.15, 0.2) is 11.5 Å². The molecule has 1 aromatic carbocycles. The minimum atomic E-state index is -3.64. The number of methoxy groups -OCH3 is 2. The summed E-state index contributed by atoms with van der Waals surface area (Å²) in [5.41, 5.74) is 0. The summed E-state index contributed by atoms with van der Waals surface area (Å²) in [6.07, 6.45) is 1.23. The van der Waals surface area contributed by atoms with Crippen LogP contribution in [0.3, 0.4) is 0 Å². The molecule has 0 spiro atoms. The maximum absolute atomic E-state index is 12.7. The molecule has 0 saturated carbocycles. The normalized spacial score (nSPS) is 16.0. The number of benzene rings is 1. The van der Waals surface area contributed by atoms with E-state index in [1.165, 1.54) is 36.7 Å². The largest absolute Gasteiger partial charge is 0.493 e. The Bertz CT molecular complexity index is 694. The van der Waals surface area contributed by atoms with E-state index in [9.17, 15) is 13.2 Å². The summed E-state index contributed by atoms with van der Waals surface area (Å²) in [6.45, 7) is 4.62. The molecule has 1 aliphatic rings. The van der Waals surface area contributed by atoms with Crippen molar-refractivity contribution in [3.8, 4) is 11.5 Å². The van der Waals surface area contributed by atoms with Gasteiger partial charge in [-0.25, -0.2) is 8.42 Å². The summed E-state index contributed by atoms with van der Waals surface area (Å²) in [7, 11) is -0.701. The van der Waals surface area contributed by atoms with Crippen LogP contribution < -0.4 is 9.47 Å². The number of hydrogen-bond donors (Lipinski definition) is 0. The number of rotatable bonds is 5. The molecule has 1 aromatic rings. The van der Waals surface area contributed by atoms with Crippen LogP contribution in [-0.4, -0.2) is 63.9 Å². The van der Waals surface area contributed by atoms with E-state index in [0.717, 1.165) is 0 Å². The van der Waals surface area contributed by atoms with Crippen molar-refractivity contribution in [2.75, 3.05) is 40.4 Å². The van der Waals surface area contributed by atoms with Crippen molar-refractivity contribution < 1.29 is 22.7 Å². The quantitative estimate of drug-likeness (QED) is 0.739. The Morgan fingerprint density at radius 1 is 1.13 bits per heavy atom. The van der Waals surface area contributed by atoms with Gasteiger partial charge >= 0.3 is 0 Å². The Balaban J connectivity index is 2.20. The summed E-state index contributed by atoms with van der Waals surface area (Å²) in [5.74, 6) is 0.634. The highest BCUT2D eigenvalue weighted by Gasteiger charge is 2.30. The van der Waals surface area contributed by atoms with Crippen molar-refractivity contribution in [1.82, 2.24) is 9.21 Å². The minimum absolute atomic E-state index is 0.138. The van der Waals surface area contributed by atoms with Crippen LogP contribution in [0.2, 0.25) is 0 Å². The predicted octanol–water partition coefficient (Wildman–Crippen LogP) is 0.723. The van der Waals surface area contributed by atoms with Crippen molar-refractivity contribution >= 4 is 15.9 Å². The van der Waals surface area contributed by atoms with Gasteiger partial charge in [-0.1, -0.05) is 6.58 Å². The molecule has 8 heteroatoms. The van der Waals surface area contributed by atoms with Gasteiger partial charge in [0.25, 0.3) is 0 Å². The highest BCUT2D eigenvalue weighted by Crippen LogP contribution is 2.30. The van der Waals surface area contributed by atoms with Crippen LogP contribution in [0.5, 0.6) is 11.5 Å². The van der Waals surface area contributed by atoms with Crippen LogP contribution in [0, 0.1) is 0 Å². The second kappa shape index (κ2) is 7.01. The van der Waals surface area contributed by atoms with Crippen LogP contribution in [-0.2, 0) is 14.8 Å². The van der Waals surface area contributed by atoms with Gasteiger partial charge in [-0.3, -0.25) is 4.79 Å². The van der Waals surface area contributed by atoms with E-state index in [4.69, 9.17) is 9.47 Å². The molecule has 1 heterocycles. The molecule has 0 radical (unpaired) electrons. The fourth-order valence-electron chi connectivity index (χ4n) is 2.40. The van der Waals surface area contributed by atoms with Crippen LogP contribution >= 0.6 is 0 Å². The molecule has 1 saturated heterocycles. The van der Waals surface area contributed by atoms with Crippen molar-refractivity contribution in [2.24, 2.45) is 0 Å². The first-order valence-corrected chi connectivity index (χ1v) is 8.51. The van der Waals surface area contributed by atoms with Crippen molar-refractivity contribution in [2.45, 2.75) is 4.90 Å². The standard InChI is InChI=1S/C15H20N2O5S/c1-4-15(18)16-7-9-17(10-8-16)23(19,20)12-5-6-13(21-2)14(11-12)22-3/h4-6,11H,1,7-10H2,2-3H3. The van der Waals surface area contributed by atoms with Gasteiger partial charge in [-0.15, -0.1) is 0 Å². The molecule has 2 rings (SSSR count). The molecule has 1 amide bonds. The molecular weight excluding hydrogens is 320 g/mol. The molecular formula is C15H20N2O5S. The van der Waals surface area contributed by atoms with E-state index in [0.29, 0.717) is 24.6 Å². The molecule has 0 aliphatic carbocycles. The van der Waals surface area contributed by atoms with Crippen molar-refractivity contribution in [3.05, 3.63) is 30.9 Å². The molecule has 1 fully saturated rings. The molecule has 126 valence electrons. The first-order chi connectivity index (χ1) is 10.9. The third-order valence-corrected chi connectivity index (χ3v) is 5.61. The zero-order chi connectivity index (χ0) is 17.0. The number of carbonyl (C=O) groups is 1. The van der Waals surface area contributed by atoms with Gasteiger partial charge in [0.2, 0.25) is 15.9 Å². The molecule has 0 unspecified atom stereocenters. The van der Waals surface area contributed by atoms with E-state index in [2.05, 4.69) is 6.58 Å². The number of sulfonamides is 1. The van der Waals surface area contributed by atoms with Crippen molar-refractivity contribution in [3.63, 3.8) is 0 Å². The SMILES string of the molecule is C=CC(=O)N1CCN(S(=O)(=O)c2ccc(OC)c(OC)c2)CC1. The van der Waals surface area contributed by atoms with E-state index < -0.39 is 10.0 Å². The molecule has 1 aliphatic heterocycles. The highest BCUT2D eigenvalue weighted by molar-refractivity contribution is 7.89. The molecule has 0 atom stereocenters. The number of ether oxygens (including phenoxy) is 2. The average Bonchev–Trinajstić information content (AvgIpc) is 2.60. The smallest absolute Gasteiger partial charge is 0.246 e. The Kier molecular flexibility index (Phi) is 5.27. The second-order valence-corrected chi connectivity index (χ2v) is 6.89. The summed E-state index contributed by atoms with van der Waals surface area (Å²) < 4.78 is 37.0. The number of nitrogens with zero attached hydrogens (tertiary/aromatic N) is 2. The summed E-state index contributed by atoms with van der Waals surface area (Å²) in [4.78, 5) is 13.3. The van der Waals surface area contributed by atoms with Gasteiger partial charge in [-0.05, 0) is 18.2 Å². The first-order valence-electron chi connectivity index (χ1n) is 7.07. The lowest BCUT2D eigenvalue weighted by Crippen LogP contribution is -2.50. The summed E-state index contributed by atoms with van der Waals surface area (Å²) >= 11 is 0. The maximum atomic E-state index is 12.7. The third-order valence-electron chi connectivity index (χ3n) is 3.72. The first kappa shape index (κ1) is 17.3. The molecule has 23 heavy (non-hydrogen) atoms. The van der Waals surface area contributed by atoms with Gasteiger partial charge in [0.1, 0.15) is 0 Å². The summed E-state index contributed by atoms with van der Waals surface area (Å²) in [5, 5.41) is 0. The number of amides is 1. The molecule has 0 aromatic heterocycles. The Morgan fingerprint density at radius 2 is 1.74 bits per heavy atom. The Hall–Kier alpha value is -2.06. The fourth-order valence-corrected chi connectivity index (χ4v) is 3.84. The van der Waals surface area contributed by atoms with E-state index in [1.807, 2.05) is 0 Å². The maximum Gasteiger partial charge on any atom is 0.246 e. The lowest BCUT2D eigenvalue weighted by molar-refractivity contribution is -0.127. The lowest BCUT2D eigenvalue weighted by Gasteiger charge is -2.33. The second-order valence-electron chi connectivity index (χ2n) is 4.95. The fraction of sp³-hybridized carbons (Fsp3) is 0.400. The zero-order valence-corrected chi connectivity index (χ0v) is 14.0. The average molecular weight is 340 g/mol. The Morgan fingerprint density at radius 3 is 2.26 bits per heavy atom. The van der Waals surface area contributed by atoms with Gasteiger partial charge in [0, 0.05) is 32.2 Å². The third kappa shape index (κ3) is 3.48. The van der Waals surface area contributed by atoms with Gasteiger partial charge in [-0.2, -0.15) is 4.31 Å². The minimum Gasteiger partial charge on any atom is -0.493 e. The van der Waals surface area contributed by atoms with Gasteiger partial charge in [0.05, 0.1) is 19.1 Å². The van der Waals surface area contributed by atoms with Crippen LogP contribution in [0.1, 0.15) is 0 Å². The lowest BCUT2D eigenvalue weighted by atomic mass is 10.3. The van der Waals surface area contributed by atoms with E-state index in [1.54, 1.807) is 11.0 Å². The number of piperazine rings is 1.